The smallest absolute Gasteiger partial charge is 0.315 e. The van der Waals surface area contributed by atoms with Crippen molar-refractivity contribution in [2.75, 3.05) is 0 Å². The number of benzene rings is 1. The van der Waals surface area contributed by atoms with Crippen molar-refractivity contribution in [1.82, 2.24) is 10.6 Å². The Kier molecular flexibility index (Phi) is 4.35. The third kappa shape index (κ3) is 3.78. The number of carbonyl (C=O) groups excluding carboxylic acids is 1. The number of hydrogen-bond acceptors (Lipinski definition) is 2. The number of urea groups is 1. The number of carbonyl (C=O) groups is 1. The number of nitrogens with one attached hydrogen (secondary N) is 2. The van der Waals surface area contributed by atoms with Crippen LogP contribution in [0.4, 0.5) is 4.79 Å². The van der Waals surface area contributed by atoms with Crippen molar-refractivity contribution < 1.29 is 9.21 Å². The molecular weight excluding hydrogens is 276 g/mol. The number of rotatable bonds is 4. The fraction of sp³-hybridized carbons (Fsp3) is 0.267. The van der Waals surface area contributed by atoms with Gasteiger partial charge in [-0.3, -0.25) is 0 Å². The third-order valence-corrected chi connectivity index (χ3v) is 3.25. The van der Waals surface area contributed by atoms with Crippen molar-refractivity contribution in [3.63, 3.8) is 0 Å². The number of amides is 2. The molecule has 1 aromatic heterocycles. The van der Waals surface area contributed by atoms with Gasteiger partial charge < -0.3 is 15.1 Å². The maximum absolute atomic E-state index is 11.9. The zero-order chi connectivity index (χ0) is 14.6. The molecule has 2 aromatic rings. The second-order valence-corrected chi connectivity index (χ2v) is 5.46. The minimum atomic E-state index is -0.488. The molecule has 0 spiro atoms. The topological polar surface area (TPSA) is 54.3 Å². The fourth-order valence-electron chi connectivity index (χ4n) is 1.85. The van der Waals surface area contributed by atoms with Crippen LogP contribution in [-0.2, 0) is 12.1 Å². The molecule has 0 fully saturated rings. The predicted molar refractivity (Wildman–Crippen MR) is 78.6 cm³/mol. The van der Waals surface area contributed by atoms with E-state index in [1.165, 1.54) is 0 Å². The van der Waals surface area contributed by atoms with E-state index in [2.05, 4.69) is 10.6 Å². The molecule has 1 heterocycles. The normalized spacial score (nSPS) is 11.2. The largest absolute Gasteiger partial charge is 0.467 e. The zero-order valence-corrected chi connectivity index (χ0v) is 12.2. The number of hydrogen-bond donors (Lipinski definition) is 2. The van der Waals surface area contributed by atoms with Crippen LogP contribution in [0.25, 0.3) is 0 Å². The lowest BCUT2D eigenvalue weighted by atomic mass is 9.94. The van der Waals surface area contributed by atoms with Gasteiger partial charge in [-0.2, -0.15) is 0 Å². The summed E-state index contributed by atoms with van der Waals surface area (Å²) in [6.45, 7) is 4.22. The van der Waals surface area contributed by atoms with Crippen molar-refractivity contribution in [2.24, 2.45) is 0 Å². The summed E-state index contributed by atoms with van der Waals surface area (Å²) in [5, 5.41) is 6.35. The van der Waals surface area contributed by atoms with Crippen LogP contribution in [0.15, 0.2) is 47.1 Å². The molecule has 0 saturated carbocycles. The molecule has 0 atom stereocenters. The van der Waals surface area contributed by atoms with Gasteiger partial charge in [0, 0.05) is 5.02 Å². The Morgan fingerprint density at radius 3 is 2.55 bits per heavy atom. The quantitative estimate of drug-likeness (QED) is 0.903. The van der Waals surface area contributed by atoms with Crippen LogP contribution in [0, 0.1) is 0 Å². The molecule has 2 N–H and O–H groups in total. The lowest BCUT2D eigenvalue weighted by Gasteiger charge is -2.27. The van der Waals surface area contributed by atoms with E-state index in [4.69, 9.17) is 16.0 Å². The molecule has 20 heavy (non-hydrogen) atoms. The van der Waals surface area contributed by atoms with Gasteiger partial charge in [-0.15, -0.1) is 0 Å². The highest BCUT2D eigenvalue weighted by molar-refractivity contribution is 6.30. The summed E-state index contributed by atoms with van der Waals surface area (Å²) in [6, 6.07) is 10.8. The van der Waals surface area contributed by atoms with Crippen LogP contribution in [0.1, 0.15) is 25.2 Å². The van der Waals surface area contributed by atoms with Crippen LogP contribution >= 0.6 is 11.6 Å². The van der Waals surface area contributed by atoms with Crippen LogP contribution in [0.3, 0.4) is 0 Å². The van der Waals surface area contributed by atoms with Crippen molar-refractivity contribution in [1.29, 1.82) is 0 Å². The van der Waals surface area contributed by atoms with Gasteiger partial charge in [-0.05, 0) is 43.7 Å². The van der Waals surface area contributed by atoms with E-state index >= 15 is 0 Å². The van der Waals surface area contributed by atoms with Crippen LogP contribution in [0.5, 0.6) is 0 Å². The second-order valence-electron chi connectivity index (χ2n) is 5.02. The summed E-state index contributed by atoms with van der Waals surface area (Å²) in [7, 11) is 0. The van der Waals surface area contributed by atoms with Gasteiger partial charge in [0.1, 0.15) is 5.76 Å². The Bertz CT molecular complexity index is 562. The van der Waals surface area contributed by atoms with E-state index in [0.717, 1.165) is 5.56 Å². The zero-order valence-electron chi connectivity index (χ0n) is 11.4. The second kappa shape index (κ2) is 6.01. The highest BCUT2D eigenvalue weighted by atomic mass is 35.5. The van der Waals surface area contributed by atoms with Gasteiger partial charge in [0.2, 0.25) is 0 Å². The summed E-state index contributed by atoms with van der Waals surface area (Å²) in [4.78, 5) is 11.9. The molecule has 0 bridgehead atoms. The van der Waals surface area contributed by atoms with Gasteiger partial charge >= 0.3 is 6.03 Å². The molecule has 4 nitrogen and oxygen atoms in total. The average Bonchev–Trinajstić information content (AvgIpc) is 2.89. The molecule has 2 rings (SSSR count). The number of furan rings is 1. The van der Waals surface area contributed by atoms with Gasteiger partial charge in [0.25, 0.3) is 0 Å². The SMILES string of the molecule is CC(C)(NC(=O)NCc1ccco1)c1ccc(Cl)cc1. The molecular formula is C15H17ClN2O2. The van der Waals surface area contributed by atoms with Crippen molar-refractivity contribution in [3.05, 3.63) is 59.0 Å². The first kappa shape index (κ1) is 14.5. The molecule has 1 aromatic carbocycles. The fourth-order valence-corrected chi connectivity index (χ4v) is 1.97. The van der Waals surface area contributed by atoms with Gasteiger partial charge in [-0.25, -0.2) is 4.79 Å². The lowest BCUT2D eigenvalue weighted by molar-refractivity contribution is 0.228. The average molecular weight is 293 g/mol. The molecule has 5 heteroatoms. The van der Waals surface area contributed by atoms with Crippen LogP contribution in [-0.4, -0.2) is 6.03 Å². The van der Waals surface area contributed by atoms with E-state index in [1.54, 1.807) is 24.5 Å². The van der Waals surface area contributed by atoms with E-state index in [0.29, 0.717) is 17.3 Å². The Hall–Kier alpha value is -1.94. The van der Waals surface area contributed by atoms with E-state index in [-0.39, 0.29) is 6.03 Å². The van der Waals surface area contributed by atoms with Gasteiger partial charge in [0.05, 0.1) is 18.3 Å². The predicted octanol–water partition coefficient (Wildman–Crippen LogP) is 3.67. The molecule has 0 radical (unpaired) electrons. The maximum atomic E-state index is 11.9. The number of halogens is 1. The summed E-state index contributed by atoms with van der Waals surface area (Å²) >= 11 is 5.86. The van der Waals surface area contributed by atoms with Gasteiger partial charge in [0.15, 0.2) is 0 Å². The summed E-state index contributed by atoms with van der Waals surface area (Å²) < 4.78 is 5.15. The van der Waals surface area contributed by atoms with E-state index < -0.39 is 5.54 Å². The highest BCUT2D eigenvalue weighted by Gasteiger charge is 2.22. The minimum absolute atomic E-state index is 0.249. The molecule has 0 aliphatic heterocycles. The Labute approximate surface area is 123 Å². The highest BCUT2D eigenvalue weighted by Crippen LogP contribution is 2.21. The molecule has 0 unspecified atom stereocenters. The monoisotopic (exact) mass is 292 g/mol. The Balaban J connectivity index is 1.93. The molecule has 2 amide bonds. The van der Waals surface area contributed by atoms with Crippen LogP contribution < -0.4 is 10.6 Å². The van der Waals surface area contributed by atoms with E-state index in [1.807, 2.05) is 32.0 Å². The van der Waals surface area contributed by atoms with Crippen molar-refractivity contribution >= 4 is 17.6 Å². The lowest BCUT2D eigenvalue weighted by Crippen LogP contribution is -2.46. The molecule has 106 valence electrons. The molecule has 0 saturated heterocycles. The van der Waals surface area contributed by atoms with Crippen LogP contribution in [0.2, 0.25) is 5.02 Å². The van der Waals surface area contributed by atoms with Crippen molar-refractivity contribution in [3.8, 4) is 0 Å². The summed E-state index contributed by atoms with van der Waals surface area (Å²) in [5.41, 5.74) is 0.493. The maximum Gasteiger partial charge on any atom is 0.315 e. The molecule has 0 aliphatic carbocycles. The Morgan fingerprint density at radius 1 is 1.25 bits per heavy atom. The van der Waals surface area contributed by atoms with Gasteiger partial charge in [-0.1, -0.05) is 23.7 Å². The summed E-state index contributed by atoms with van der Waals surface area (Å²) in [5.74, 6) is 0.712. The first-order valence-electron chi connectivity index (χ1n) is 6.32. The summed E-state index contributed by atoms with van der Waals surface area (Å²) in [6.07, 6.45) is 1.58. The minimum Gasteiger partial charge on any atom is -0.467 e. The first-order valence-corrected chi connectivity index (χ1v) is 6.69. The Morgan fingerprint density at radius 2 is 1.95 bits per heavy atom. The van der Waals surface area contributed by atoms with E-state index in [9.17, 15) is 4.79 Å². The first-order chi connectivity index (χ1) is 9.47. The third-order valence-electron chi connectivity index (χ3n) is 3.00. The molecule has 0 aliphatic rings. The standard InChI is InChI=1S/C15H17ClN2O2/c1-15(2,11-5-7-12(16)8-6-11)18-14(19)17-10-13-4-3-9-20-13/h3-9H,10H2,1-2H3,(H2,17,18,19). The van der Waals surface area contributed by atoms with Crippen molar-refractivity contribution in [2.45, 2.75) is 25.9 Å².